The van der Waals surface area contributed by atoms with Crippen molar-refractivity contribution in [3.05, 3.63) is 15.6 Å². The molecule has 1 rings (SSSR count). The molecule has 0 saturated carbocycles. The fourth-order valence-corrected chi connectivity index (χ4v) is 2.37. The molecule has 1 atom stereocenters. The number of aliphatic hydroxyl groups excluding tert-OH is 1. The third-order valence-corrected chi connectivity index (χ3v) is 3.38. The molecule has 0 spiro atoms. The first-order valence-electron chi connectivity index (χ1n) is 4.78. The Bertz CT molecular complexity index is 284. The van der Waals surface area contributed by atoms with Crippen LogP contribution in [0.5, 0.6) is 0 Å². The lowest BCUT2D eigenvalue weighted by Gasteiger charge is -1.98. The molecule has 0 bridgehead atoms. The van der Waals surface area contributed by atoms with E-state index in [0.29, 0.717) is 0 Å². The fourth-order valence-electron chi connectivity index (χ4n) is 1.33. The quantitative estimate of drug-likeness (QED) is 0.765. The Balaban J connectivity index is 2.57. The van der Waals surface area contributed by atoms with Gasteiger partial charge in [0.05, 0.1) is 21.7 Å². The maximum absolute atomic E-state index is 9.44. The van der Waals surface area contributed by atoms with Crippen molar-refractivity contribution >= 4 is 11.3 Å². The van der Waals surface area contributed by atoms with Gasteiger partial charge in [0.2, 0.25) is 0 Å². The highest BCUT2D eigenvalue weighted by atomic mass is 32.1. The molecule has 0 aliphatic carbocycles. The van der Waals surface area contributed by atoms with E-state index in [0.717, 1.165) is 35.0 Å². The lowest BCUT2D eigenvalue weighted by molar-refractivity contribution is 0.195. The van der Waals surface area contributed by atoms with E-state index in [1.165, 1.54) is 0 Å². The summed E-state index contributed by atoms with van der Waals surface area (Å²) in [7, 11) is 1.70. The number of aromatic nitrogens is 1. The van der Waals surface area contributed by atoms with Crippen LogP contribution in [-0.4, -0.2) is 23.8 Å². The van der Waals surface area contributed by atoms with Gasteiger partial charge >= 0.3 is 0 Å². The van der Waals surface area contributed by atoms with Gasteiger partial charge in [-0.3, -0.25) is 0 Å². The number of aryl methyl sites for hydroxylation is 2. The van der Waals surface area contributed by atoms with Crippen molar-refractivity contribution in [3.8, 4) is 0 Å². The average molecular weight is 215 g/mol. The van der Waals surface area contributed by atoms with Crippen molar-refractivity contribution in [1.29, 1.82) is 0 Å². The van der Waals surface area contributed by atoms with Crippen LogP contribution in [0.4, 0.5) is 0 Å². The Labute approximate surface area is 88.8 Å². The van der Waals surface area contributed by atoms with E-state index < -0.39 is 6.10 Å². The van der Waals surface area contributed by atoms with Crippen molar-refractivity contribution in [3.63, 3.8) is 0 Å². The number of aliphatic hydroxyl groups is 1. The molecule has 1 heterocycles. The number of nitrogens with zero attached hydrogens (tertiary/aromatic N) is 1. The van der Waals surface area contributed by atoms with Crippen LogP contribution in [0.1, 0.15) is 35.0 Å². The van der Waals surface area contributed by atoms with Crippen LogP contribution in [0.2, 0.25) is 0 Å². The summed E-state index contributed by atoms with van der Waals surface area (Å²) in [6, 6.07) is 0. The summed E-state index contributed by atoms with van der Waals surface area (Å²) in [4.78, 5) is 5.39. The molecule has 0 amide bonds. The predicted molar refractivity (Wildman–Crippen MR) is 57.7 cm³/mol. The maximum atomic E-state index is 9.44. The summed E-state index contributed by atoms with van der Waals surface area (Å²) in [5.74, 6) is 0. The lowest BCUT2D eigenvalue weighted by atomic mass is 10.3. The molecule has 1 unspecified atom stereocenters. The van der Waals surface area contributed by atoms with Gasteiger partial charge in [0.15, 0.2) is 0 Å². The zero-order chi connectivity index (χ0) is 10.6. The molecule has 0 saturated heterocycles. The molecule has 80 valence electrons. The smallest absolute Gasteiger partial charge is 0.0932 e. The average Bonchev–Trinajstić information content (AvgIpc) is 2.47. The van der Waals surface area contributed by atoms with Crippen LogP contribution in [0.3, 0.4) is 0 Å². The first kappa shape index (κ1) is 11.6. The third-order valence-electron chi connectivity index (χ3n) is 2.00. The maximum Gasteiger partial charge on any atom is 0.0932 e. The van der Waals surface area contributed by atoms with Gasteiger partial charge in [-0.25, -0.2) is 4.98 Å². The van der Waals surface area contributed by atoms with Crippen molar-refractivity contribution in [2.75, 3.05) is 13.7 Å². The molecule has 1 N–H and O–H groups in total. The topological polar surface area (TPSA) is 42.4 Å². The highest BCUT2D eigenvalue weighted by Gasteiger charge is 2.11. The van der Waals surface area contributed by atoms with E-state index in [1.54, 1.807) is 25.4 Å². The first-order chi connectivity index (χ1) is 6.65. The Morgan fingerprint density at radius 2 is 2.29 bits per heavy atom. The summed E-state index contributed by atoms with van der Waals surface area (Å²) in [5, 5.41) is 10.5. The second kappa shape index (κ2) is 5.44. The van der Waals surface area contributed by atoms with Crippen molar-refractivity contribution in [2.24, 2.45) is 0 Å². The highest BCUT2D eigenvalue weighted by Crippen LogP contribution is 2.25. The van der Waals surface area contributed by atoms with Gasteiger partial charge in [-0.15, -0.1) is 11.3 Å². The van der Waals surface area contributed by atoms with Gasteiger partial charge in [0.25, 0.3) is 0 Å². The molecule has 0 fully saturated rings. The number of hydrogen-bond donors (Lipinski definition) is 1. The first-order valence-corrected chi connectivity index (χ1v) is 5.60. The molecular formula is C10H17NO2S. The molecule has 14 heavy (non-hydrogen) atoms. The monoisotopic (exact) mass is 215 g/mol. The van der Waals surface area contributed by atoms with Crippen molar-refractivity contribution in [1.82, 2.24) is 4.98 Å². The fraction of sp³-hybridized carbons (Fsp3) is 0.700. The molecular weight excluding hydrogens is 198 g/mol. The second-order valence-corrected chi connectivity index (χ2v) is 4.44. The molecule has 0 aliphatic heterocycles. The van der Waals surface area contributed by atoms with E-state index >= 15 is 0 Å². The molecule has 3 nitrogen and oxygen atoms in total. The Hall–Kier alpha value is -0.450. The van der Waals surface area contributed by atoms with Crippen LogP contribution in [-0.2, 0) is 11.2 Å². The minimum absolute atomic E-state index is 0.399. The van der Waals surface area contributed by atoms with Crippen molar-refractivity contribution < 1.29 is 9.84 Å². The van der Waals surface area contributed by atoms with Crippen LogP contribution < -0.4 is 0 Å². The van der Waals surface area contributed by atoms with E-state index in [4.69, 9.17) is 4.74 Å². The third kappa shape index (κ3) is 3.04. The molecule has 0 aliphatic rings. The van der Waals surface area contributed by atoms with Crippen LogP contribution in [0.15, 0.2) is 0 Å². The standard InChI is InChI=1S/C10H17NO2S/c1-7-10(8(2)12)14-9(11-7)5-4-6-13-3/h8,12H,4-6H2,1-3H3. The SMILES string of the molecule is COCCCc1nc(C)c(C(C)O)s1. The lowest BCUT2D eigenvalue weighted by Crippen LogP contribution is -1.91. The van der Waals surface area contributed by atoms with E-state index in [9.17, 15) is 5.11 Å². The second-order valence-electron chi connectivity index (χ2n) is 3.33. The van der Waals surface area contributed by atoms with Gasteiger partial charge < -0.3 is 9.84 Å². The molecule has 0 radical (unpaired) electrons. The number of thiazole rings is 1. The van der Waals surface area contributed by atoms with E-state index in [1.807, 2.05) is 6.92 Å². The van der Waals surface area contributed by atoms with Gasteiger partial charge in [0, 0.05) is 20.1 Å². The molecule has 1 aromatic rings. The zero-order valence-electron chi connectivity index (χ0n) is 8.91. The minimum atomic E-state index is -0.399. The predicted octanol–water partition coefficient (Wildman–Crippen LogP) is 2.08. The molecule has 4 heteroatoms. The zero-order valence-corrected chi connectivity index (χ0v) is 9.73. The summed E-state index contributed by atoms with van der Waals surface area (Å²) >= 11 is 1.60. The number of ether oxygens (including phenoxy) is 1. The normalized spacial score (nSPS) is 13.1. The van der Waals surface area contributed by atoms with Crippen LogP contribution in [0.25, 0.3) is 0 Å². The van der Waals surface area contributed by atoms with Gasteiger partial charge in [-0.2, -0.15) is 0 Å². The molecule has 1 aromatic heterocycles. The number of hydrogen-bond acceptors (Lipinski definition) is 4. The van der Waals surface area contributed by atoms with Gasteiger partial charge in [-0.05, 0) is 20.3 Å². The number of methoxy groups -OCH3 is 1. The minimum Gasteiger partial charge on any atom is -0.388 e. The Kier molecular flexibility index (Phi) is 4.51. The Morgan fingerprint density at radius 3 is 2.79 bits per heavy atom. The highest BCUT2D eigenvalue weighted by molar-refractivity contribution is 7.11. The van der Waals surface area contributed by atoms with Crippen LogP contribution in [0, 0.1) is 6.92 Å². The summed E-state index contributed by atoms with van der Waals surface area (Å²) in [6.07, 6.45) is 1.53. The largest absolute Gasteiger partial charge is 0.388 e. The number of rotatable bonds is 5. The van der Waals surface area contributed by atoms with Crippen molar-refractivity contribution in [2.45, 2.75) is 32.8 Å². The van der Waals surface area contributed by atoms with Gasteiger partial charge in [0.1, 0.15) is 0 Å². The van der Waals surface area contributed by atoms with Gasteiger partial charge in [-0.1, -0.05) is 0 Å². The summed E-state index contributed by atoms with van der Waals surface area (Å²) < 4.78 is 4.98. The summed E-state index contributed by atoms with van der Waals surface area (Å²) in [5.41, 5.74) is 0.956. The van der Waals surface area contributed by atoms with E-state index in [2.05, 4.69) is 4.98 Å². The summed E-state index contributed by atoms with van der Waals surface area (Å²) in [6.45, 7) is 4.49. The Morgan fingerprint density at radius 1 is 1.57 bits per heavy atom. The van der Waals surface area contributed by atoms with Crippen LogP contribution >= 0.6 is 11.3 Å². The van der Waals surface area contributed by atoms with E-state index in [-0.39, 0.29) is 0 Å². The molecule has 0 aromatic carbocycles.